The third-order valence-electron chi connectivity index (χ3n) is 4.56. The summed E-state index contributed by atoms with van der Waals surface area (Å²) in [7, 11) is -2.09. The Morgan fingerprint density at radius 2 is 2.00 bits per heavy atom. The lowest BCUT2D eigenvalue weighted by Crippen LogP contribution is -2.18. The summed E-state index contributed by atoms with van der Waals surface area (Å²) >= 11 is 0. The molecule has 25 heavy (non-hydrogen) atoms. The zero-order valence-electron chi connectivity index (χ0n) is 13.8. The highest BCUT2D eigenvalue weighted by Crippen LogP contribution is 2.33. The third-order valence-corrected chi connectivity index (χ3v) is 5.97. The lowest BCUT2D eigenvalue weighted by Gasteiger charge is -2.12. The van der Waals surface area contributed by atoms with Crippen molar-refractivity contribution in [1.82, 2.24) is 19.7 Å². The quantitative estimate of drug-likeness (QED) is 0.666. The molecule has 0 spiro atoms. The summed E-state index contributed by atoms with van der Waals surface area (Å²) in [5.74, 6) is 0.698. The molecule has 130 valence electrons. The summed E-state index contributed by atoms with van der Waals surface area (Å²) in [6, 6.07) is 6.68. The molecule has 2 aromatic heterocycles. The van der Waals surface area contributed by atoms with E-state index in [0.29, 0.717) is 11.5 Å². The SMILES string of the molecule is CNS(=O)(=O)c1cccc(Nc2ncnc3[nH]c4c(c23)CCCC4)c1. The number of aryl methyl sites for hydroxylation is 2. The van der Waals surface area contributed by atoms with Crippen LogP contribution in [-0.2, 0) is 22.9 Å². The number of nitrogens with one attached hydrogen (secondary N) is 3. The van der Waals surface area contributed by atoms with Crippen molar-refractivity contribution < 1.29 is 8.42 Å². The summed E-state index contributed by atoms with van der Waals surface area (Å²) in [5.41, 5.74) is 3.99. The molecule has 0 bridgehead atoms. The molecule has 1 aromatic carbocycles. The number of hydrogen-bond acceptors (Lipinski definition) is 5. The van der Waals surface area contributed by atoms with Crippen molar-refractivity contribution in [3.05, 3.63) is 41.9 Å². The Hall–Kier alpha value is -2.45. The van der Waals surface area contributed by atoms with E-state index in [1.54, 1.807) is 18.2 Å². The highest BCUT2D eigenvalue weighted by Gasteiger charge is 2.19. The van der Waals surface area contributed by atoms with E-state index in [9.17, 15) is 8.42 Å². The third kappa shape index (κ3) is 2.87. The number of aromatic amines is 1. The van der Waals surface area contributed by atoms with Crippen LogP contribution in [0, 0.1) is 0 Å². The fraction of sp³-hybridized carbons (Fsp3) is 0.294. The van der Waals surface area contributed by atoms with E-state index in [-0.39, 0.29) is 4.90 Å². The van der Waals surface area contributed by atoms with Crippen LogP contribution in [0.3, 0.4) is 0 Å². The lowest BCUT2D eigenvalue weighted by molar-refractivity contribution is 0.588. The molecule has 4 rings (SSSR count). The first-order valence-corrected chi connectivity index (χ1v) is 9.72. The van der Waals surface area contributed by atoms with E-state index in [4.69, 9.17) is 0 Å². The van der Waals surface area contributed by atoms with Crippen LogP contribution in [-0.4, -0.2) is 30.4 Å². The molecule has 7 nitrogen and oxygen atoms in total. The zero-order valence-corrected chi connectivity index (χ0v) is 14.7. The summed E-state index contributed by atoms with van der Waals surface area (Å²) in [4.78, 5) is 12.3. The molecule has 0 amide bonds. The molecule has 0 saturated heterocycles. The molecule has 0 radical (unpaired) electrons. The maximum absolute atomic E-state index is 12.0. The van der Waals surface area contributed by atoms with Crippen LogP contribution in [0.15, 0.2) is 35.5 Å². The van der Waals surface area contributed by atoms with E-state index in [2.05, 4.69) is 25.0 Å². The van der Waals surface area contributed by atoms with E-state index < -0.39 is 10.0 Å². The van der Waals surface area contributed by atoms with Gasteiger partial charge in [-0.3, -0.25) is 0 Å². The number of benzene rings is 1. The van der Waals surface area contributed by atoms with Crippen LogP contribution in [0.25, 0.3) is 11.0 Å². The van der Waals surface area contributed by atoms with E-state index >= 15 is 0 Å². The fourth-order valence-corrected chi connectivity index (χ4v) is 4.09. The number of hydrogen-bond donors (Lipinski definition) is 3. The first kappa shape index (κ1) is 16.0. The first-order valence-electron chi connectivity index (χ1n) is 8.23. The highest BCUT2D eigenvalue weighted by atomic mass is 32.2. The number of aromatic nitrogens is 3. The maximum atomic E-state index is 12.0. The Balaban J connectivity index is 1.77. The molecule has 0 atom stereocenters. The average Bonchev–Trinajstić information content (AvgIpc) is 3.01. The molecule has 3 N–H and O–H groups in total. The van der Waals surface area contributed by atoms with Gasteiger partial charge < -0.3 is 10.3 Å². The minimum atomic E-state index is -3.49. The van der Waals surface area contributed by atoms with Gasteiger partial charge in [-0.15, -0.1) is 0 Å². The molecule has 1 aliphatic rings. The van der Waals surface area contributed by atoms with Crippen molar-refractivity contribution in [2.45, 2.75) is 30.6 Å². The minimum Gasteiger partial charge on any atom is -0.343 e. The Morgan fingerprint density at radius 3 is 2.84 bits per heavy atom. The Bertz CT molecular complexity index is 1040. The molecule has 0 saturated carbocycles. The fourth-order valence-electron chi connectivity index (χ4n) is 3.32. The van der Waals surface area contributed by atoms with E-state index in [1.807, 2.05) is 6.07 Å². The molecular formula is C17H19N5O2S. The monoisotopic (exact) mass is 357 g/mol. The standard InChI is InChI=1S/C17H19N5O2S/c1-18-25(23,24)12-6-4-5-11(9-12)21-16-15-13-7-2-3-8-14(13)22-17(15)20-10-19-16/h4-6,9-10,18H,2-3,7-8H2,1H3,(H2,19,20,21,22). The number of fused-ring (bicyclic) bond motifs is 3. The summed E-state index contributed by atoms with van der Waals surface area (Å²) < 4.78 is 26.3. The second-order valence-electron chi connectivity index (χ2n) is 6.10. The van der Waals surface area contributed by atoms with Gasteiger partial charge in [0, 0.05) is 11.4 Å². The van der Waals surface area contributed by atoms with Gasteiger partial charge in [0.2, 0.25) is 10.0 Å². The molecule has 1 aliphatic carbocycles. The van der Waals surface area contributed by atoms with Gasteiger partial charge in [0.1, 0.15) is 17.8 Å². The predicted octanol–water partition coefficient (Wildman–Crippen LogP) is 2.49. The number of anilines is 2. The van der Waals surface area contributed by atoms with E-state index in [0.717, 1.165) is 30.3 Å². The van der Waals surface area contributed by atoms with Crippen molar-refractivity contribution in [1.29, 1.82) is 0 Å². The van der Waals surface area contributed by atoms with Gasteiger partial charge >= 0.3 is 0 Å². The highest BCUT2D eigenvalue weighted by molar-refractivity contribution is 7.89. The molecule has 0 fully saturated rings. The Labute approximate surface area is 145 Å². The number of rotatable bonds is 4. The smallest absolute Gasteiger partial charge is 0.240 e. The van der Waals surface area contributed by atoms with Crippen molar-refractivity contribution in [3.8, 4) is 0 Å². The summed E-state index contributed by atoms with van der Waals surface area (Å²) in [6.45, 7) is 0. The molecule has 8 heteroatoms. The van der Waals surface area contributed by atoms with Crippen LogP contribution in [0.5, 0.6) is 0 Å². The van der Waals surface area contributed by atoms with Gasteiger partial charge in [0.15, 0.2) is 0 Å². The molecule has 0 unspecified atom stereocenters. The van der Waals surface area contributed by atoms with Gasteiger partial charge in [-0.1, -0.05) is 6.07 Å². The normalized spacial score (nSPS) is 14.4. The average molecular weight is 357 g/mol. The van der Waals surface area contributed by atoms with Gasteiger partial charge in [0.05, 0.1) is 10.3 Å². The summed E-state index contributed by atoms with van der Waals surface area (Å²) in [5, 5.41) is 4.26. The maximum Gasteiger partial charge on any atom is 0.240 e. The van der Waals surface area contributed by atoms with Gasteiger partial charge in [0.25, 0.3) is 0 Å². The number of nitrogens with zero attached hydrogens (tertiary/aromatic N) is 2. The van der Waals surface area contributed by atoms with Crippen molar-refractivity contribution >= 4 is 32.6 Å². The van der Waals surface area contributed by atoms with Crippen molar-refractivity contribution in [2.75, 3.05) is 12.4 Å². The van der Waals surface area contributed by atoms with Crippen molar-refractivity contribution in [2.24, 2.45) is 0 Å². The lowest BCUT2D eigenvalue weighted by atomic mass is 9.96. The minimum absolute atomic E-state index is 0.210. The van der Waals surface area contributed by atoms with Crippen molar-refractivity contribution in [3.63, 3.8) is 0 Å². The first-order chi connectivity index (χ1) is 12.1. The number of H-pyrrole nitrogens is 1. The largest absolute Gasteiger partial charge is 0.343 e. The molecule has 3 aromatic rings. The molecular weight excluding hydrogens is 338 g/mol. The number of sulfonamides is 1. The Morgan fingerprint density at radius 1 is 1.16 bits per heavy atom. The second-order valence-corrected chi connectivity index (χ2v) is 7.98. The topological polar surface area (TPSA) is 99.8 Å². The van der Waals surface area contributed by atoms with E-state index in [1.165, 1.54) is 31.1 Å². The van der Waals surface area contributed by atoms with Crippen LogP contribution < -0.4 is 10.0 Å². The van der Waals surface area contributed by atoms with Crippen LogP contribution >= 0.6 is 0 Å². The van der Waals surface area contributed by atoms with Gasteiger partial charge in [-0.2, -0.15) is 0 Å². The van der Waals surface area contributed by atoms with Crippen LogP contribution in [0.2, 0.25) is 0 Å². The molecule has 2 heterocycles. The zero-order chi connectivity index (χ0) is 17.4. The van der Waals surface area contributed by atoms with Crippen LogP contribution in [0.1, 0.15) is 24.1 Å². The molecule has 0 aliphatic heterocycles. The Kier molecular flexibility index (Phi) is 3.93. The van der Waals surface area contributed by atoms with Gasteiger partial charge in [-0.05, 0) is 56.5 Å². The second kappa shape index (κ2) is 6.12. The van der Waals surface area contributed by atoms with Crippen LogP contribution in [0.4, 0.5) is 11.5 Å². The predicted molar refractivity (Wildman–Crippen MR) is 96.5 cm³/mol. The van der Waals surface area contributed by atoms with Gasteiger partial charge in [-0.25, -0.2) is 23.1 Å². The summed E-state index contributed by atoms with van der Waals surface area (Å²) in [6.07, 6.45) is 5.89.